The number of hydrogen-bond donors (Lipinski definition) is 1. The van der Waals surface area contributed by atoms with Gasteiger partial charge in [0.15, 0.2) is 0 Å². The lowest BCUT2D eigenvalue weighted by Crippen LogP contribution is -2.57. The van der Waals surface area contributed by atoms with Gasteiger partial charge in [-0.2, -0.15) is 0 Å². The number of rotatable bonds is 4. The summed E-state index contributed by atoms with van der Waals surface area (Å²) in [7, 11) is -2.96. The Bertz CT molecular complexity index is 877. The van der Waals surface area contributed by atoms with Crippen LogP contribution in [0.25, 0.3) is 10.8 Å². The van der Waals surface area contributed by atoms with Gasteiger partial charge in [-0.25, -0.2) is 13.4 Å². The van der Waals surface area contributed by atoms with Crippen molar-refractivity contribution in [3.05, 3.63) is 29.8 Å². The zero-order chi connectivity index (χ0) is 17.6. The van der Waals surface area contributed by atoms with Gasteiger partial charge in [-0.1, -0.05) is 32.0 Å². The Morgan fingerprint density at radius 3 is 2.62 bits per heavy atom. The molecule has 0 aliphatic carbocycles. The summed E-state index contributed by atoms with van der Waals surface area (Å²) in [4.78, 5) is 6.72. The molecule has 3 rings (SSSR count). The summed E-state index contributed by atoms with van der Waals surface area (Å²) in [5.41, 5.74) is 7.31. The lowest BCUT2D eigenvalue weighted by Gasteiger charge is -2.47. The smallest absolute Gasteiger partial charge is 0.147 e. The molecule has 1 aliphatic rings. The number of nitrogen functional groups attached to an aromatic ring is 1. The van der Waals surface area contributed by atoms with Crippen molar-refractivity contribution in [3.8, 4) is 0 Å². The van der Waals surface area contributed by atoms with Crippen molar-refractivity contribution in [3.63, 3.8) is 0 Å². The molecule has 1 aliphatic heterocycles. The zero-order valence-corrected chi connectivity index (χ0v) is 15.5. The number of pyridine rings is 1. The van der Waals surface area contributed by atoms with E-state index in [1.807, 2.05) is 6.07 Å². The summed E-state index contributed by atoms with van der Waals surface area (Å²) in [5, 5.41) is 2.22. The van der Waals surface area contributed by atoms with Crippen molar-refractivity contribution in [1.29, 1.82) is 0 Å². The van der Waals surface area contributed by atoms with E-state index in [0.717, 1.165) is 16.6 Å². The molecule has 1 aromatic heterocycles. The van der Waals surface area contributed by atoms with Crippen LogP contribution in [0, 0.1) is 5.92 Å². The number of aromatic nitrogens is 1. The molecule has 2 aromatic rings. The van der Waals surface area contributed by atoms with Gasteiger partial charge in [-0.05, 0) is 29.9 Å². The van der Waals surface area contributed by atoms with Crippen LogP contribution in [0.15, 0.2) is 24.3 Å². The fourth-order valence-electron chi connectivity index (χ4n) is 3.57. The molecule has 0 radical (unpaired) electrons. The van der Waals surface area contributed by atoms with Crippen molar-refractivity contribution >= 4 is 32.2 Å². The topological polar surface area (TPSA) is 76.3 Å². The van der Waals surface area contributed by atoms with E-state index in [4.69, 9.17) is 5.73 Å². The van der Waals surface area contributed by atoms with E-state index in [9.17, 15) is 8.42 Å². The van der Waals surface area contributed by atoms with Crippen LogP contribution in [0.5, 0.6) is 0 Å². The zero-order valence-electron chi connectivity index (χ0n) is 14.7. The maximum absolute atomic E-state index is 11.6. The highest BCUT2D eigenvalue weighted by atomic mass is 32.2. The van der Waals surface area contributed by atoms with Crippen molar-refractivity contribution in [2.24, 2.45) is 5.92 Å². The number of anilines is 2. The summed E-state index contributed by atoms with van der Waals surface area (Å²) in [6.45, 7) is 7.09. The van der Waals surface area contributed by atoms with E-state index in [1.54, 1.807) is 0 Å². The number of benzene rings is 1. The second-order valence-electron chi connectivity index (χ2n) is 7.21. The Balaban J connectivity index is 2.01. The molecular weight excluding hydrogens is 322 g/mol. The fourth-order valence-corrected chi connectivity index (χ4v) is 4.73. The first-order valence-corrected chi connectivity index (χ1v) is 10.4. The van der Waals surface area contributed by atoms with Crippen molar-refractivity contribution in [2.75, 3.05) is 29.2 Å². The molecule has 2 N–H and O–H groups in total. The van der Waals surface area contributed by atoms with Crippen LogP contribution in [0.2, 0.25) is 0 Å². The van der Waals surface area contributed by atoms with E-state index in [1.165, 1.54) is 11.8 Å². The molecular formula is C18H25N3O2S. The van der Waals surface area contributed by atoms with E-state index >= 15 is 0 Å². The molecule has 24 heavy (non-hydrogen) atoms. The predicted octanol–water partition coefficient (Wildman–Crippen LogP) is 2.81. The van der Waals surface area contributed by atoms with E-state index in [2.05, 4.69) is 48.9 Å². The molecule has 2 atom stereocenters. The third-order valence-electron chi connectivity index (χ3n) is 4.92. The van der Waals surface area contributed by atoms with Crippen LogP contribution in [0.3, 0.4) is 0 Å². The SMILES string of the molecule is CC(C)c1cccc2c(N3C[C@H](CS(C)(=O)=O)[C@H]3C)nc(N)cc12. The van der Waals surface area contributed by atoms with Crippen LogP contribution in [0.4, 0.5) is 11.6 Å². The first kappa shape index (κ1) is 17.0. The Hall–Kier alpha value is -1.82. The van der Waals surface area contributed by atoms with Gasteiger partial charge in [0.2, 0.25) is 0 Å². The maximum atomic E-state index is 11.6. The summed E-state index contributed by atoms with van der Waals surface area (Å²) in [6, 6.07) is 8.33. The number of fused-ring (bicyclic) bond motifs is 1. The van der Waals surface area contributed by atoms with Crippen molar-refractivity contribution in [2.45, 2.75) is 32.7 Å². The lowest BCUT2D eigenvalue weighted by molar-refractivity contribution is 0.339. The largest absolute Gasteiger partial charge is 0.384 e. The van der Waals surface area contributed by atoms with Gasteiger partial charge in [0.25, 0.3) is 0 Å². The molecule has 0 unspecified atom stereocenters. The van der Waals surface area contributed by atoms with Gasteiger partial charge in [-0.3, -0.25) is 0 Å². The second kappa shape index (κ2) is 5.92. The molecule has 130 valence electrons. The molecule has 0 bridgehead atoms. The quantitative estimate of drug-likeness (QED) is 0.920. The highest BCUT2D eigenvalue weighted by Gasteiger charge is 2.39. The van der Waals surface area contributed by atoms with Gasteiger partial charge < -0.3 is 10.6 Å². The Morgan fingerprint density at radius 2 is 2.04 bits per heavy atom. The fraction of sp³-hybridized carbons (Fsp3) is 0.500. The average Bonchev–Trinajstić information content (AvgIpc) is 2.48. The minimum absolute atomic E-state index is 0.139. The van der Waals surface area contributed by atoms with E-state index in [-0.39, 0.29) is 17.7 Å². The molecule has 0 spiro atoms. The Morgan fingerprint density at radius 1 is 1.33 bits per heavy atom. The van der Waals surface area contributed by atoms with E-state index < -0.39 is 9.84 Å². The summed E-state index contributed by atoms with van der Waals surface area (Å²) in [6.07, 6.45) is 1.30. The molecule has 6 heteroatoms. The Labute approximate surface area is 143 Å². The predicted molar refractivity (Wildman–Crippen MR) is 100 cm³/mol. The Kier molecular flexibility index (Phi) is 4.20. The molecule has 1 saturated heterocycles. The van der Waals surface area contributed by atoms with Crippen LogP contribution in [0.1, 0.15) is 32.3 Å². The van der Waals surface area contributed by atoms with Gasteiger partial charge in [0, 0.05) is 30.1 Å². The summed E-state index contributed by atoms with van der Waals surface area (Å²) >= 11 is 0. The van der Waals surface area contributed by atoms with Crippen LogP contribution in [-0.4, -0.2) is 38.0 Å². The van der Waals surface area contributed by atoms with Gasteiger partial charge in [-0.15, -0.1) is 0 Å². The third-order valence-corrected chi connectivity index (χ3v) is 5.96. The van der Waals surface area contributed by atoms with Crippen LogP contribution >= 0.6 is 0 Å². The molecule has 2 heterocycles. The van der Waals surface area contributed by atoms with E-state index in [0.29, 0.717) is 18.3 Å². The standard InChI is InChI=1S/C18H25N3O2S/c1-11(2)14-6-5-7-15-16(14)8-17(19)20-18(15)21-9-13(12(21)3)10-24(4,22)23/h5-8,11-13H,9-10H2,1-4H3,(H2,19,20)/t12-,13-/m1/s1. The highest BCUT2D eigenvalue weighted by Crippen LogP contribution is 2.38. The van der Waals surface area contributed by atoms with Crippen LogP contribution < -0.4 is 10.6 Å². The monoisotopic (exact) mass is 347 g/mol. The number of hydrogen-bond acceptors (Lipinski definition) is 5. The van der Waals surface area contributed by atoms with Crippen LogP contribution in [-0.2, 0) is 9.84 Å². The number of nitrogens with zero attached hydrogens (tertiary/aromatic N) is 2. The van der Waals surface area contributed by atoms with Crippen molar-refractivity contribution < 1.29 is 8.42 Å². The van der Waals surface area contributed by atoms with Gasteiger partial charge in [0.1, 0.15) is 21.5 Å². The maximum Gasteiger partial charge on any atom is 0.147 e. The normalized spacial score (nSPS) is 21.3. The third kappa shape index (κ3) is 3.07. The summed E-state index contributed by atoms with van der Waals surface area (Å²) < 4.78 is 23.1. The minimum Gasteiger partial charge on any atom is -0.384 e. The molecule has 0 amide bonds. The average molecular weight is 347 g/mol. The lowest BCUT2D eigenvalue weighted by atomic mass is 9.90. The molecule has 5 nitrogen and oxygen atoms in total. The minimum atomic E-state index is -2.96. The first-order chi connectivity index (χ1) is 11.2. The van der Waals surface area contributed by atoms with Gasteiger partial charge in [0.05, 0.1) is 5.75 Å². The summed E-state index contributed by atoms with van der Waals surface area (Å²) in [5.74, 6) is 2.14. The highest BCUT2D eigenvalue weighted by molar-refractivity contribution is 7.90. The molecule has 1 fully saturated rings. The van der Waals surface area contributed by atoms with Crippen molar-refractivity contribution in [1.82, 2.24) is 4.98 Å². The second-order valence-corrected chi connectivity index (χ2v) is 9.40. The van der Waals surface area contributed by atoms with Gasteiger partial charge >= 0.3 is 0 Å². The molecule has 0 saturated carbocycles. The molecule has 1 aromatic carbocycles. The first-order valence-electron chi connectivity index (χ1n) is 8.31. The number of sulfone groups is 1. The number of nitrogens with two attached hydrogens (primary N) is 1.